The zero-order chi connectivity index (χ0) is 9.97. The second-order valence-electron chi connectivity index (χ2n) is 2.83. The Morgan fingerprint density at radius 3 is 2.64 bits per heavy atom. The lowest BCUT2D eigenvalue weighted by Gasteiger charge is -2.00. The van der Waals surface area contributed by atoms with E-state index < -0.39 is 10.9 Å². The van der Waals surface area contributed by atoms with Gasteiger partial charge in [-0.1, -0.05) is 30.3 Å². The van der Waals surface area contributed by atoms with Crippen molar-refractivity contribution >= 4 is 27.4 Å². The van der Waals surface area contributed by atoms with Gasteiger partial charge in [-0.25, -0.2) is 8.42 Å². The lowest BCUT2D eigenvalue weighted by atomic mass is 10.1. The van der Waals surface area contributed by atoms with Gasteiger partial charge in [0.05, 0.1) is 5.69 Å². The van der Waals surface area contributed by atoms with Gasteiger partial charge in [-0.05, 0) is 16.8 Å². The fourth-order valence-corrected chi connectivity index (χ4v) is 1.61. The molecule has 0 bridgehead atoms. The molecule has 0 unspecified atom stereocenters. The SMILES string of the molecule is O=[SH](=O)Nc1[c]c2ccccc2cc1. The first-order chi connectivity index (χ1) is 6.75. The molecule has 0 spiro atoms. The highest BCUT2D eigenvalue weighted by Crippen LogP contribution is 2.17. The van der Waals surface area contributed by atoms with Crippen molar-refractivity contribution in [1.29, 1.82) is 0 Å². The molecule has 2 rings (SSSR count). The quantitative estimate of drug-likeness (QED) is 0.733. The fourth-order valence-electron chi connectivity index (χ4n) is 1.28. The summed E-state index contributed by atoms with van der Waals surface area (Å²) < 4.78 is 23.1. The molecule has 0 aromatic heterocycles. The van der Waals surface area contributed by atoms with Crippen LogP contribution in [0.25, 0.3) is 10.8 Å². The number of anilines is 1. The predicted octanol–water partition coefficient (Wildman–Crippen LogP) is 1.58. The van der Waals surface area contributed by atoms with Crippen molar-refractivity contribution in [2.75, 3.05) is 4.72 Å². The molecule has 0 aliphatic heterocycles. The van der Waals surface area contributed by atoms with E-state index in [1.807, 2.05) is 30.3 Å². The minimum Gasteiger partial charge on any atom is -0.285 e. The molecular formula is C10H8NO2S. The molecule has 0 aliphatic carbocycles. The third-order valence-corrected chi connectivity index (χ3v) is 2.29. The second kappa shape index (κ2) is 3.67. The van der Waals surface area contributed by atoms with E-state index >= 15 is 0 Å². The first kappa shape index (κ1) is 9.02. The van der Waals surface area contributed by atoms with Crippen LogP contribution in [0.5, 0.6) is 0 Å². The second-order valence-corrected chi connectivity index (χ2v) is 3.57. The van der Waals surface area contributed by atoms with E-state index in [-0.39, 0.29) is 0 Å². The number of rotatable bonds is 2. The third kappa shape index (κ3) is 1.85. The van der Waals surface area contributed by atoms with Gasteiger partial charge in [-0.3, -0.25) is 4.72 Å². The molecule has 0 aliphatic rings. The average Bonchev–Trinajstić information content (AvgIpc) is 2.17. The minimum absolute atomic E-state index is 0.472. The van der Waals surface area contributed by atoms with Crippen LogP contribution in [-0.4, -0.2) is 8.42 Å². The highest BCUT2D eigenvalue weighted by Gasteiger charge is 1.95. The topological polar surface area (TPSA) is 46.2 Å². The monoisotopic (exact) mass is 206 g/mol. The Hall–Kier alpha value is -1.55. The zero-order valence-electron chi connectivity index (χ0n) is 7.23. The number of fused-ring (bicyclic) bond motifs is 1. The van der Waals surface area contributed by atoms with Crippen LogP contribution in [-0.2, 0) is 10.9 Å². The van der Waals surface area contributed by atoms with Crippen molar-refractivity contribution in [2.24, 2.45) is 0 Å². The van der Waals surface area contributed by atoms with E-state index in [4.69, 9.17) is 0 Å². The van der Waals surface area contributed by atoms with E-state index in [9.17, 15) is 8.42 Å². The molecule has 71 valence electrons. The molecule has 14 heavy (non-hydrogen) atoms. The Labute approximate surface area is 83.5 Å². The van der Waals surface area contributed by atoms with Crippen LogP contribution >= 0.6 is 0 Å². The van der Waals surface area contributed by atoms with Crippen molar-refractivity contribution in [1.82, 2.24) is 0 Å². The van der Waals surface area contributed by atoms with Gasteiger partial charge in [-0.15, -0.1) is 0 Å². The lowest BCUT2D eigenvalue weighted by Crippen LogP contribution is -1.94. The number of nitrogens with one attached hydrogen (secondary N) is 1. The summed E-state index contributed by atoms with van der Waals surface area (Å²) in [5.41, 5.74) is 0.472. The summed E-state index contributed by atoms with van der Waals surface area (Å²) in [7, 11) is -2.61. The maximum absolute atomic E-state index is 10.4. The molecular weight excluding hydrogens is 198 g/mol. The predicted molar refractivity (Wildman–Crippen MR) is 56.7 cm³/mol. The summed E-state index contributed by atoms with van der Waals surface area (Å²) in [6, 6.07) is 14.2. The third-order valence-electron chi connectivity index (χ3n) is 1.87. The van der Waals surface area contributed by atoms with Crippen LogP contribution in [0, 0.1) is 6.07 Å². The van der Waals surface area contributed by atoms with Gasteiger partial charge >= 0.3 is 0 Å². The summed E-state index contributed by atoms with van der Waals surface area (Å²) >= 11 is 0. The smallest absolute Gasteiger partial charge is 0.222 e. The molecule has 1 radical (unpaired) electrons. The molecule has 0 fully saturated rings. The molecule has 4 heteroatoms. The zero-order valence-corrected chi connectivity index (χ0v) is 8.12. The number of thiol groups is 1. The normalized spacial score (nSPS) is 10.6. The summed E-state index contributed by atoms with van der Waals surface area (Å²) in [6.45, 7) is 0. The standard InChI is InChI=1S/C10H8NO2S/c12-14(13)11-10-6-5-8-3-1-2-4-9(8)7-10/h1-6,14H,(H,11,12,13). The summed E-state index contributed by atoms with van der Waals surface area (Å²) in [6.07, 6.45) is 0. The van der Waals surface area contributed by atoms with Crippen molar-refractivity contribution in [3.8, 4) is 0 Å². The molecule has 2 aromatic carbocycles. The van der Waals surface area contributed by atoms with Crippen molar-refractivity contribution < 1.29 is 8.42 Å². The van der Waals surface area contributed by atoms with E-state index in [0.29, 0.717) is 5.69 Å². The largest absolute Gasteiger partial charge is 0.285 e. The number of hydrogen-bond donors (Lipinski definition) is 2. The fraction of sp³-hybridized carbons (Fsp3) is 0. The van der Waals surface area contributed by atoms with Gasteiger partial charge in [0.15, 0.2) is 0 Å². The maximum Gasteiger partial charge on any atom is 0.222 e. The first-order valence-electron chi connectivity index (χ1n) is 4.08. The summed E-state index contributed by atoms with van der Waals surface area (Å²) in [4.78, 5) is 0. The van der Waals surface area contributed by atoms with E-state index in [2.05, 4.69) is 10.8 Å². The van der Waals surface area contributed by atoms with E-state index in [1.54, 1.807) is 6.07 Å². The maximum atomic E-state index is 10.4. The average molecular weight is 206 g/mol. The highest BCUT2D eigenvalue weighted by molar-refractivity contribution is 7.73. The molecule has 0 atom stereocenters. The van der Waals surface area contributed by atoms with Crippen LogP contribution in [0.4, 0.5) is 5.69 Å². The van der Waals surface area contributed by atoms with Gasteiger partial charge in [0.25, 0.3) is 0 Å². The number of benzene rings is 2. The van der Waals surface area contributed by atoms with E-state index in [0.717, 1.165) is 10.8 Å². The highest BCUT2D eigenvalue weighted by atomic mass is 32.2. The molecule has 0 heterocycles. The molecule has 0 saturated heterocycles. The Morgan fingerprint density at radius 2 is 1.86 bits per heavy atom. The van der Waals surface area contributed by atoms with Crippen molar-refractivity contribution in [2.45, 2.75) is 0 Å². The Kier molecular flexibility index (Phi) is 2.37. The van der Waals surface area contributed by atoms with Gasteiger partial charge in [0.2, 0.25) is 10.9 Å². The van der Waals surface area contributed by atoms with Crippen molar-refractivity contribution in [3.63, 3.8) is 0 Å². The Bertz CT molecular complexity index is 526. The molecule has 0 saturated carbocycles. The Balaban J connectivity index is 2.51. The van der Waals surface area contributed by atoms with Crippen LogP contribution in [0.1, 0.15) is 0 Å². The lowest BCUT2D eigenvalue weighted by molar-refractivity contribution is 0.619. The summed E-state index contributed by atoms with van der Waals surface area (Å²) in [5.74, 6) is 0. The summed E-state index contributed by atoms with van der Waals surface area (Å²) in [5, 5.41) is 1.94. The molecule has 3 nitrogen and oxygen atoms in total. The van der Waals surface area contributed by atoms with Crippen molar-refractivity contribution in [3.05, 3.63) is 42.5 Å². The van der Waals surface area contributed by atoms with Crippen LogP contribution < -0.4 is 4.72 Å². The first-order valence-corrected chi connectivity index (χ1v) is 5.25. The van der Waals surface area contributed by atoms with Gasteiger partial charge in [0, 0.05) is 6.07 Å². The van der Waals surface area contributed by atoms with E-state index in [1.165, 1.54) is 0 Å². The Morgan fingerprint density at radius 1 is 1.07 bits per heavy atom. The van der Waals surface area contributed by atoms with Gasteiger partial charge < -0.3 is 0 Å². The molecule has 0 amide bonds. The van der Waals surface area contributed by atoms with Gasteiger partial charge in [0.1, 0.15) is 0 Å². The molecule has 1 N–H and O–H groups in total. The van der Waals surface area contributed by atoms with Crippen LogP contribution in [0.15, 0.2) is 36.4 Å². The van der Waals surface area contributed by atoms with Crippen LogP contribution in [0.2, 0.25) is 0 Å². The minimum atomic E-state index is -2.61. The van der Waals surface area contributed by atoms with Gasteiger partial charge in [-0.2, -0.15) is 0 Å². The molecule has 2 aromatic rings. The van der Waals surface area contributed by atoms with Crippen LogP contribution in [0.3, 0.4) is 0 Å². The number of hydrogen-bond acceptors (Lipinski definition) is 2.